The van der Waals surface area contributed by atoms with Crippen LogP contribution in [0.3, 0.4) is 0 Å². The maximum absolute atomic E-state index is 13.5. The number of carbonyl (C=O) groups is 4. The second kappa shape index (κ2) is 16.7. The Hall–Kier alpha value is -5.78. The minimum absolute atomic E-state index is 0.0714. The van der Waals surface area contributed by atoms with Gasteiger partial charge in [0.25, 0.3) is 17.4 Å². The number of anilines is 4. The SMILES string of the molecule is CNC(=O)COc1cc2cc(Nc3nc(N4CCC(OC5CC(N6CC7(CCN7c7cccc8c7CN([C@@H]7CCC(=O)NC7=O)C8=O)C6)C5)CC4)ncc3Cl)ccc2n(C(C)C)c1=O. The zero-order valence-corrected chi connectivity index (χ0v) is 37.0. The van der Waals surface area contributed by atoms with Crippen molar-refractivity contribution in [3.63, 3.8) is 0 Å². The molecule has 5 fully saturated rings. The number of nitrogens with one attached hydrogen (secondary N) is 3. The summed E-state index contributed by atoms with van der Waals surface area (Å²) in [6.07, 6.45) is 7.53. The molecule has 4 amide bonds. The van der Waals surface area contributed by atoms with Crippen molar-refractivity contribution in [2.24, 2.45) is 0 Å². The molecule has 18 heteroatoms. The molecule has 7 heterocycles. The van der Waals surface area contributed by atoms with Gasteiger partial charge in [-0.3, -0.25) is 34.2 Å². The molecule has 2 aromatic carbocycles. The van der Waals surface area contributed by atoms with Crippen molar-refractivity contribution in [2.75, 3.05) is 61.5 Å². The quantitative estimate of drug-likeness (QED) is 0.173. The van der Waals surface area contributed by atoms with Gasteiger partial charge in [0, 0.05) is 92.7 Å². The van der Waals surface area contributed by atoms with E-state index in [1.54, 1.807) is 21.7 Å². The summed E-state index contributed by atoms with van der Waals surface area (Å²) in [6, 6.07) is 13.0. The first-order valence-corrected chi connectivity index (χ1v) is 22.8. The van der Waals surface area contributed by atoms with Crippen molar-refractivity contribution in [3.8, 4) is 5.75 Å². The number of ether oxygens (including phenoxy) is 2. The molecule has 6 aliphatic rings. The van der Waals surface area contributed by atoms with Crippen LogP contribution < -0.4 is 36.0 Å². The smallest absolute Gasteiger partial charge is 0.293 e. The number of hydrogen-bond donors (Lipinski definition) is 3. The van der Waals surface area contributed by atoms with Crippen LogP contribution in [-0.4, -0.2) is 124 Å². The maximum Gasteiger partial charge on any atom is 0.293 e. The molecule has 0 radical (unpaired) electrons. The fourth-order valence-electron chi connectivity index (χ4n) is 10.4. The highest BCUT2D eigenvalue weighted by molar-refractivity contribution is 6.33. The molecular weight excluding hydrogens is 840 g/mol. The zero-order chi connectivity index (χ0) is 44.4. The molecule has 1 spiro atoms. The van der Waals surface area contributed by atoms with Crippen LogP contribution in [0, 0.1) is 0 Å². The molecule has 0 bridgehead atoms. The summed E-state index contributed by atoms with van der Waals surface area (Å²) in [5, 5.41) is 9.38. The van der Waals surface area contributed by atoms with Crippen LogP contribution in [0.2, 0.25) is 5.02 Å². The highest BCUT2D eigenvalue weighted by Gasteiger charge is 2.57. The Morgan fingerprint density at radius 3 is 2.53 bits per heavy atom. The first kappa shape index (κ1) is 42.2. The van der Waals surface area contributed by atoms with Crippen molar-refractivity contribution in [3.05, 3.63) is 75.2 Å². The second-order valence-electron chi connectivity index (χ2n) is 18.3. The van der Waals surface area contributed by atoms with Gasteiger partial charge in [0.15, 0.2) is 18.2 Å². The fourth-order valence-corrected chi connectivity index (χ4v) is 10.5. The predicted molar refractivity (Wildman–Crippen MR) is 240 cm³/mol. The van der Waals surface area contributed by atoms with Gasteiger partial charge >= 0.3 is 0 Å². The highest BCUT2D eigenvalue weighted by atomic mass is 35.5. The Labute approximate surface area is 375 Å². The monoisotopic (exact) mass is 892 g/mol. The average Bonchev–Trinajstić information content (AvgIpc) is 3.58. The van der Waals surface area contributed by atoms with E-state index in [-0.39, 0.29) is 71.8 Å². The Kier molecular flexibility index (Phi) is 11.0. The first-order chi connectivity index (χ1) is 30.9. The van der Waals surface area contributed by atoms with E-state index >= 15 is 0 Å². The van der Waals surface area contributed by atoms with Gasteiger partial charge in [0.05, 0.1) is 29.5 Å². The number of carbonyl (C=O) groups excluding carboxylic acids is 4. The number of hydrogen-bond acceptors (Lipinski definition) is 13. The number of halogens is 1. The lowest BCUT2D eigenvalue weighted by molar-refractivity contribution is -0.137. The molecule has 10 rings (SSSR count). The van der Waals surface area contributed by atoms with Gasteiger partial charge in [-0.05, 0) is 88.8 Å². The molecule has 1 atom stereocenters. The predicted octanol–water partition coefficient (Wildman–Crippen LogP) is 4.14. The molecule has 0 unspecified atom stereocenters. The van der Waals surface area contributed by atoms with Gasteiger partial charge in [-0.1, -0.05) is 17.7 Å². The van der Waals surface area contributed by atoms with Gasteiger partial charge < -0.3 is 39.4 Å². The van der Waals surface area contributed by atoms with Gasteiger partial charge in [0.2, 0.25) is 17.8 Å². The van der Waals surface area contributed by atoms with E-state index in [4.69, 9.17) is 26.1 Å². The van der Waals surface area contributed by atoms with Crippen molar-refractivity contribution in [1.82, 2.24) is 35.0 Å². The Bertz CT molecular complexity index is 2600. The van der Waals surface area contributed by atoms with E-state index in [1.165, 1.54) is 7.05 Å². The van der Waals surface area contributed by atoms with Crippen LogP contribution in [0.25, 0.3) is 10.9 Å². The number of pyridine rings is 1. The van der Waals surface area contributed by atoms with E-state index in [2.05, 4.69) is 41.7 Å². The lowest BCUT2D eigenvalue weighted by Crippen LogP contribution is -2.79. The number of aromatic nitrogens is 3. The minimum Gasteiger partial charge on any atom is -0.478 e. The summed E-state index contributed by atoms with van der Waals surface area (Å²) in [7, 11) is 1.52. The van der Waals surface area contributed by atoms with Crippen LogP contribution in [0.5, 0.6) is 5.75 Å². The molecule has 5 aliphatic heterocycles. The van der Waals surface area contributed by atoms with Crippen molar-refractivity contribution >= 4 is 69.3 Å². The van der Waals surface area contributed by atoms with Crippen LogP contribution in [0.1, 0.15) is 80.8 Å². The molecule has 2 aromatic heterocycles. The number of piperidine rings is 2. The topological polar surface area (TPSA) is 184 Å². The summed E-state index contributed by atoms with van der Waals surface area (Å²) in [6.45, 7) is 8.42. The molecule has 1 saturated carbocycles. The number of benzene rings is 2. The number of fused-ring (bicyclic) bond motifs is 2. The van der Waals surface area contributed by atoms with E-state index in [0.717, 1.165) is 87.0 Å². The first-order valence-electron chi connectivity index (χ1n) is 22.4. The fraction of sp³-hybridized carbons (Fsp3) is 0.500. The molecule has 3 N–H and O–H groups in total. The standard InChI is InChI=1S/C46H53ClN10O7/c1-26(2)57-35-8-7-28(17-27(35)18-38(44(57)62)63-23-40(59)48-3)50-41-34(47)21-49-45(52-41)53-14-11-30(12-15-53)64-31-19-29(20-31)54-24-46(25-54)13-16-56(46)36-6-4-5-32-33(36)22-55(43(32)61)37-9-10-39(58)51-42(37)60/h4-8,17-18,21,26,29-31,37H,9-16,19-20,22-25H2,1-3H3,(H,48,59)(H,49,50,52)(H,51,58,60)/t29?,31?,37-/m1/s1. The van der Waals surface area contributed by atoms with E-state index in [9.17, 15) is 24.0 Å². The van der Waals surface area contributed by atoms with E-state index in [0.29, 0.717) is 47.0 Å². The number of amides is 4. The molecule has 4 aromatic rings. The molecule has 4 saturated heterocycles. The van der Waals surface area contributed by atoms with Gasteiger partial charge in [-0.2, -0.15) is 4.98 Å². The van der Waals surface area contributed by atoms with Gasteiger partial charge in [0.1, 0.15) is 11.1 Å². The molecular formula is C46H53ClN10O7. The second-order valence-corrected chi connectivity index (χ2v) is 18.7. The van der Waals surface area contributed by atoms with E-state index < -0.39 is 6.04 Å². The van der Waals surface area contributed by atoms with E-state index in [1.807, 2.05) is 44.2 Å². The third kappa shape index (κ3) is 7.60. The summed E-state index contributed by atoms with van der Waals surface area (Å²) in [5.74, 6) is 0.0165. The minimum atomic E-state index is -0.620. The number of imide groups is 1. The van der Waals surface area contributed by atoms with Crippen molar-refractivity contribution in [1.29, 1.82) is 0 Å². The lowest BCUT2D eigenvalue weighted by Gasteiger charge is -2.66. The Morgan fingerprint density at radius 1 is 1.02 bits per heavy atom. The van der Waals surface area contributed by atoms with Gasteiger partial charge in [-0.25, -0.2) is 4.98 Å². The summed E-state index contributed by atoms with van der Waals surface area (Å²) >= 11 is 6.61. The summed E-state index contributed by atoms with van der Waals surface area (Å²) < 4.78 is 13.9. The summed E-state index contributed by atoms with van der Waals surface area (Å²) in [4.78, 5) is 81.2. The van der Waals surface area contributed by atoms with Crippen LogP contribution >= 0.6 is 11.6 Å². The van der Waals surface area contributed by atoms with Crippen molar-refractivity contribution in [2.45, 2.75) is 101 Å². The highest BCUT2D eigenvalue weighted by Crippen LogP contribution is 2.48. The summed E-state index contributed by atoms with van der Waals surface area (Å²) in [5.41, 5.74) is 3.96. The van der Waals surface area contributed by atoms with Crippen LogP contribution in [0.15, 0.2) is 53.5 Å². The number of likely N-dealkylation sites (N-methyl/N-ethyl adjacent to an activating group) is 1. The lowest BCUT2D eigenvalue weighted by atomic mass is 9.73. The molecule has 64 heavy (non-hydrogen) atoms. The third-order valence-electron chi connectivity index (χ3n) is 14.1. The van der Waals surface area contributed by atoms with Crippen LogP contribution in [-0.2, 0) is 25.7 Å². The third-order valence-corrected chi connectivity index (χ3v) is 14.3. The van der Waals surface area contributed by atoms with Crippen LogP contribution in [0.4, 0.5) is 23.1 Å². The Balaban J connectivity index is 0.708. The number of nitrogens with zero attached hydrogens (tertiary/aromatic N) is 7. The molecule has 17 nitrogen and oxygen atoms in total. The maximum atomic E-state index is 13.5. The molecule has 1 aliphatic carbocycles. The molecule has 336 valence electrons. The Morgan fingerprint density at radius 2 is 1.81 bits per heavy atom. The average molecular weight is 893 g/mol. The zero-order valence-electron chi connectivity index (χ0n) is 36.3. The number of likely N-dealkylation sites (tertiary alicyclic amines) is 1. The van der Waals surface area contributed by atoms with Crippen molar-refractivity contribution < 1.29 is 28.7 Å². The largest absolute Gasteiger partial charge is 0.478 e. The number of rotatable bonds is 12. The normalized spacial score (nSPS) is 23.2. The van der Waals surface area contributed by atoms with Gasteiger partial charge in [-0.15, -0.1) is 0 Å².